The topological polar surface area (TPSA) is 66.5 Å². The van der Waals surface area contributed by atoms with Gasteiger partial charge in [0.1, 0.15) is 4.21 Å². The van der Waals surface area contributed by atoms with Gasteiger partial charge in [-0.05, 0) is 47.3 Å². The fraction of sp³-hybridized carbons (Fsp3) is 0.500. The summed E-state index contributed by atoms with van der Waals surface area (Å²) in [5, 5.41) is 4.79. The van der Waals surface area contributed by atoms with Crippen molar-refractivity contribution in [3.05, 3.63) is 52.9 Å². The third-order valence-corrected chi connectivity index (χ3v) is 8.72. The molecule has 2 heterocycles. The van der Waals surface area contributed by atoms with Gasteiger partial charge in [0.15, 0.2) is 0 Å². The lowest BCUT2D eigenvalue weighted by molar-refractivity contribution is -0.126. The number of amides is 1. The van der Waals surface area contributed by atoms with Crippen LogP contribution in [0.3, 0.4) is 0 Å². The van der Waals surface area contributed by atoms with Crippen LogP contribution in [-0.2, 0) is 26.7 Å². The van der Waals surface area contributed by atoms with E-state index in [1.165, 1.54) is 26.8 Å². The largest absolute Gasteiger partial charge is 0.356 e. The average molecular weight is 435 g/mol. The summed E-state index contributed by atoms with van der Waals surface area (Å²) in [6, 6.07) is 11.9. The normalized spacial score (nSPS) is 16.7. The highest BCUT2D eigenvalue weighted by Gasteiger charge is 2.32. The van der Waals surface area contributed by atoms with Crippen molar-refractivity contribution in [3.8, 4) is 0 Å². The lowest BCUT2D eigenvalue weighted by Crippen LogP contribution is -2.43. The van der Waals surface area contributed by atoms with E-state index in [0.717, 1.165) is 6.42 Å². The van der Waals surface area contributed by atoms with E-state index in [1.807, 2.05) is 0 Å². The monoisotopic (exact) mass is 434 g/mol. The molecule has 3 rings (SSSR count). The number of nitrogens with zero attached hydrogens (tertiary/aromatic N) is 1. The van der Waals surface area contributed by atoms with Crippen molar-refractivity contribution < 1.29 is 13.2 Å². The van der Waals surface area contributed by atoms with E-state index in [4.69, 9.17) is 0 Å². The Morgan fingerprint density at radius 2 is 1.79 bits per heavy atom. The van der Waals surface area contributed by atoms with Gasteiger partial charge in [0.2, 0.25) is 5.91 Å². The van der Waals surface area contributed by atoms with Gasteiger partial charge in [-0.2, -0.15) is 4.31 Å². The molecule has 0 spiro atoms. The van der Waals surface area contributed by atoms with Gasteiger partial charge in [-0.3, -0.25) is 4.79 Å². The first-order valence-electron chi connectivity index (χ1n) is 10.1. The van der Waals surface area contributed by atoms with E-state index >= 15 is 0 Å². The second-order valence-electron chi connectivity index (χ2n) is 8.60. The molecule has 0 saturated carbocycles. The molecule has 7 heteroatoms. The predicted molar refractivity (Wildman–Crippen MR) is 118 cm³/mol. The van der Waals surface area contributed by atoms with Crippen molar-refractivity contribution in [1.29, 1.82) is 0 Å². The highest BCUT2D eigenvalue weighted by atomic mass is 32.2. The zero-order valence-electron chi connectivity index (χ0n) is 17.3. The minimum atomic E-state index is -3.41. The zero-order valence-corrected chi connectivity index (χ0v) is 19.0. The van der Waals surface area contributed by atoms with Crippen LogP contribution in [0.2, 0.25) is 0 Å². The molecule has 158 valence electrons. The number of sulfonamides is 1. The number of thiophene rings is 1. The fourth-order valence-electron chi connectivity index (χ4n) is 3.54. The first-order chi connectivity index (χ1) is 13.7. The highest BCUT2D eigenvalue weighted by Crippen LogP contribution is 2.26. The Hall–Kier alpha value is -1.70. The van der Waals surface area contributed by atoms with E-state index in [1.54, 1.807) is 17.5 Å². The van der Waals surface area contributed by atoms with Gasteiger partial charge in [0, 0.05) is 25.6 Å². The standard InChI is InChI=1S/C22H30N2O3S2/c1-22(2,3)19-8-6-17(7-9-19)10-13-23-21(25)18-11-14-24(15-12-18)29(26,27)20-5-4-16-28-20/h4-9,16,18H,10-15H2,1-3H3,(H,23,25). The molecular formula is C22H30N2O3S2. The molecule has 29 heavy (non-hydrogen) atoms. The molecule has 0 aliphatic carbocycles. The van der Waals surface area contributed by atoms with E-state index in [2.05, 4.69) is 50.4 Å². The summed E-state index contributed by atoms with van der Waals surface area (Å²) in [6.07, 6.45) is 1.93. The Kier molecular flexibility index (Phi) is 6.81. The van der Waals surface area contributed by atoms with Crippen molar-refractivity contribution >= 4 is 27.3 Å². The van der Waals surface area contributed by atoms with E-state index in [9.17, 15) is 13.2 Å². The Balaban J connectivity index is 1.44. The van der Waals surface area contributed by atoms with Crippen molar-refractivity contribution in [2.75, 3.05) is 19.6 Å². The van der Waals surface area contributed by atoms with Crippen LogP contribution in [0.4, 0.5) is 0 Å². The summed E-state index contributed by atoms with van der Waals surface area (Å²) in [4.78, 5) is 12.5. The lowest BCUT2D eigenvalue weighted by Gasteiger charge is -2.30. The number of rotatable bonds is 6. The summed E-state index contributed by atoms with van der Waals surface area (Å²) in [5.41, 5.74) is 2.64. The van der Waals surface area contributed by atoms with Crippen LogP contribution in [0.15, 0.2) is 46.0 Å². The molecule has 1 aliphatic rings. The van der Waals surface area contributed by atoms with Gasteiger partial charge in [0.25, 0.3) is 10.0 Å². The molecule has 1 aromatic heterocycles. The summed E-state index contributed by atoms with van der Waals surface area (Å²) < 4.78 is 27.0. The number of hydrogen-bond acceptors (Lipinski definition) is 4. The van der Waals surface area contributed by atoms with Crippen molar-refractivity contribution in [2.24, 2.45) is 5.92 Å². The van der Waals surface area contributed by atoms with Crippen LogP contribution in [0.1, 0.15) is 44.7 Å². The Morgan fingerprint density at radius 3 is 2.34 bits per heavy atom. The molecule has 1 saturated heterocycles. The maximum absolute atomic E-state index is 12.6. The Labute approximate surface area is 178 Å². The summed E-state index contributed by atoms with van der Waals surface area (Å²) in [5.74, 6) is -0.0856. The zero-order chi connectivity index (χ0) is 21.1. The maximum atomic E-state index is 12.6. The van der Waals surface area contributed by atoms with Gasteiger partial charge < -0.3 is 5.32 Å². The quantitative estimate of drug-likeness (QED) is 0.752. The number of benzene rings is 1. The molecule has 1 N–H and O–H groups in total. The minimum absolute atomic E-state index is 0.0319. The third-order valence-electron chi connectivity index (χ3n) is 5.45. The number of hydrogen-bond donors (Lipinski definition) is 1. The van der Waals surface area contributed by atoms with Crippen LogP contribution in [0, 0.1) is 5.92 Å². The molecule has 1 amide bonds. The second-order valence-corrected chi connectivity index (χ2v) is 11.7. The molecule has 0 atom stereocenters. The Morgan fingerprint density at radius 1 is 1.14 bits per heavy atom. The van der Waals surface area contributed by atoms with Gasteiger partial charge in [0.05, 0.1) is 0 Å². The van der Waals surface area contributed by atoms with Crippen LogP contribution in [0.5, 0.6) is 0 Å². The van der Waals surface area contributed by atoms with E-state index < -0.39 is 10.0 Å². The van der Waals surface area contributed by atoms with Gasteiger partial charge >= 0.3 is 0 Å². The maximum Gasteiger partial charge on any atom is 0.252 e. The lowest BCUT2D eigenvalue weighted by atomic mass is 9.86. The fourth-order valence-corrected chi connectivity index (χ4v) is 6.16. The number of carbonyl (C=O) groups is 1. The number of carbonyl (C=O) groups excluding carboxylic acids is 1. The second kappa shape index (κ2) is 8.98. The van der Waals surface area contributed by atoms with Crippen LogP contribution < -0.4 is 5.32 Å². The molecule has 0 radical (unpaired) electrons. The van der Waals surface area contributed by atoms with Crippen LogP contribution in [-0.4, -0.2) is 38.3 Å². The molecule has 2 aromatic rings. The summed E-state index contributed by atoms with van der Waals surface area (Å²) in [7, 11) is -3.41. The minimum Gasteiger partial charge on any atom is -0.356 e. The highest BCUT2D eigenvalue weighted by molar-refractivity contribution is 7.91. The smallest absolute Gasteiger partial charge is 0.252 e. The SMILES string of the molecule is CC(C)(C)c1ccc(CCNC(=O)C2CCN(S(=O)(=O)c3cccs3)CC2)cc1. The molecule has 5 nitrogen and oxygen atoms in total. The molecular weight excluding hydrogens is 404 g/mol. The van der Waals surface area contributed by atoms with Crippen LogP contribution >= 0.6 is 11.3 Å². The van der Waals surface area contributed by atoms with E-state index in [0.29, 0.717) is 36.7 Å². The number of nitrogens with one attached hydrogen (secondary N) is 1. The van der Waals surface area contributed by atoms with Crippen molar-refractivity contribution in [2.45, 2.75) is 49.7 Å². The molecule has 1 aromatic carbocycles. The molecule has 1 fully saturated rings. The Bertz CT molecular complexity index is 906. The van der Waals surface area contributed by atoms with Gasteiger partial charge in [-0.15, -0.1) is 11.3 Å². The van der Waals surface area contributed by atoms with Crippen molar-refractivity contribution in [1.82, 2.24) is 9.62 Å². The molecule has 0 bridgehead atoms. The molecule has 0 unspecified atom stereocenters. The predicted octanol–water partition coefficient (Wildman–Crippen LogP) is 3.81. The third kappa shape index (κ3) is 5.47. The van der Waals surface area contributed by atoms with Gasteiger partial charge in [-0.25, -0.2) is 8.42 Å². The first kappa shape index (κ1) is 22.0. The average Bonchev–Trinajstić information content (AvgIpc) is 3.23. The van der Waals surface area contributed by atoms with E-state index in [-0.39, 0.29) is 17.2 Å². The van der Waals surface area contributed by atoms with Gasteiger partial charge in [-0.1, -0.05) is 51.1 Å². The summed E-state index contributed by atoms with van der Waals surface area (Å²) in [6.45, 7) is 7.97. The number of piperidine rings is 1. The van der Waals surface area contributed by atoms with Crippen LogP contribution in [0.25, 0.3) is 0 Å². The molecule has 1 aliphatic heterocycles. The first-order valence-corrected chi connectivity index (χ1v) is 12.4. The summed E-state index contributed by atoms with van der Waals surface area (Å²) >= 11 is 1.23. The van der Waals surface area contributed by atoms with Crippen molar-refractivity contribution in [3.63, 3.8) is 0 Å².